The van der Waals surface area contributed by atoms with Crippen molar-refractivity contribution in [2.24, 2.45) is 0 Å². The van der Waals surface area contributed by atoms with Crippen molar-refractivity contribution < 1.29 is 4.74 Å². The van der Waals surface area contributed by atoms with Crippen LogP contribution in [0.2, 0.25) is 0 Å². The molecule has 0 atom stereocenters. The maximum Gasteiger partial charge on any atom is 0.186 e. The van der Waals surface area contributed by atoms with Crippen molar-refractivity contribution in [1.82, 2.24) is 4.57 Å². The van der Waals surface area contributed by atoms with Gasteiger partial charge in [0.15, 0.2) is 4.80 Å². The van der Waals surface area contributed by atoms with E-state index in [4.69, 9.17) is 10.1 Å². The van der Waals surface area contributed by atoms with E-state index in [0.717, 1.165) is 11.4 Å². The second kappa shape index (κ2) is 3.67. The molecule has 1 heterocycles. The zero-order valence-electron chi connectivity index (χ0n) is 7.73. The molecule has 1 N–H and O–H groups in total. The summed E-state index contributed by atoms with van der Waals surface area (Å²) in [6, 6.07) is 7.64. The predicted molar refractivity (Wildman–Crippen MR) is 56.1 cm³/mol. The Morgan fingerprint density at radius 2 is 2.00 bits per heavy atom. The molecule has 3 nitrogen and oxygen atoms in total. The predicted octanol–water partition coefficient (Wildman–Crippen LogP) is 2.03. The molecule has 0 unspecified atom stereocenters. The van der Waals surface area contributed by atoms with Crippen LogP contribution in [0, 0.1) is 5.41 Å². The first-order valence-corrected chi connectivity index (χ1v) is 5.04. The average molecular weight is 206 g/mol. The summed E-state index contributed by atoms with van der Waals surface area (Å²) in [7, 11) is 1.64. The molecular formula is C10H10N2OS. The van der Waals surface area contributed by atoms with E-state index in [2.05, 4.69) is 0 Å². The van der Waals surface area contributed by atoms with Gasteiger partial charge in [-0.05, 0) is 24.3 Å². The minimum atomic E-state index is 0.523. The second-order valence-electron chi connectivity index (χ2n) is 2.78. The normalized spacial score (nSPS) is 10.1. The van der Waals surface area contributed by atoms with Crippen LogP contribution in [0.1, 0.15) is 0 Å². The highest BCUT2D eigenvalue weighted by Crippen LogP contribution is 2.13. The zero-order valence-corrected chi connectivity index (χ0v) is 8.54. The minimum Gasteiger partial charge on any atom is -0.497 e. The Hall–Kier alpha value is -1.55. The number of hydrogen-bond donors (Lipinski definition) is 1. The lowest BCUT2D eigenvalue weighted by Crippen LogP contribution is -2.08. The van der Waals surface area contributed by atoms with Gasteiger partial charge in [0, 0.05) is 17.3 Å². The van der Waals surface area contributed by atoms with Gasteiger partial charge in [0.2, 0.25) is 0 Å². The van der Waals surface area contributed by atoms with Crippen LogP contribution in [-0.4, -0.2) is 11.7 Å². The van der Waals surface area contributed by atoms with Crippen molar-refractivity contribution in [3.8, 4) is 11.4 Å². The molecule has 1 aromatic carbocycles. The summed E-state index contributed by atoms with van der Waals surface area (Å²) in [4.78, 5) is 0.523. The number of methoxy groups -OCH3 is 1. The molecule has 0 aliphatic carbocycles. The van der Waals surface area contributed by atoms with Gasteiger partial charge in [-0.2, -0.15) is 0 Å². The summed E-state index contributed by atoms with van der Waals surface area (Å²) >= 11 is 1.41. The molecule has 0 saturated heterocycles. The molecule has 0 radical (unpaired) electrons. The molecule has 14 heavy (non-hydrogen) atoms. The molecule has 72 valence electrons. The van der Waals surface area contributed by atoms with Crippen LogP contribution < -0.4 is 9.54 Å². The van der Waals surface area contributed by atoms with E-state index in [-0.39, 0.29) is 0 Å². The maximum atomic E-state index is 7.64. The Kier molecular flexibility index (Phi) is 2.37. The van der Waals surface area contributed by atoms with E-state index >= 15 is 0 Å². The first-order chi connectivity index (χ1) is 6.81. The SMILES string of the molecule is COc1ccc(-n2ccsc2=N)cc1. The Morgan fingerprint density at radius 1 is 1.29 bits per heavy atom. The lowest BCUT2D eigenvalue weighted by Gasteiger charge is -2.03. The molecule has 0 saturated carbocycles. The first kappa shape index (κ1) is 9.02. The van der Waals surface area contributed by atoms with E-state index in [1.807, 2.05) is 40.4 Å². The Labute approximate surface area is 85.7 Å². The van der Waals surface area contributed by atoms with Crippen molar-refractivity contribution in [2.45, 2.75) is 0 Å². The first-order valence-electron chi connectivity index (χ1n) is 4.16. The number of rotatable bonds is 2. The fraction of sp³-hybridized carbons (Fsp3) is 0.100. The molecule has 0 spiro atoms. The van der Waals surface area contributed by atoms with Crippen LogP contribution in [-0.2, 0) is 0 Å². The van der Waals surface area contributed by atoms with Gasteiger partial charge in [-0.3, -0.25) is 9.98 Å². The third-order valence-corrected chi connectivity index (χ3v) is 2.64. The Balaban J connectivity index is 2.44. The van der Waals surface area contributed by atoms with E-state index in [9.17, 15) is 0 Å². The van der Waals surface area contributed by atoms with Gasteiger partial charge in [-0.15, -0.1) is 11.3 Å². The fourth-order valence-corrected chi connectivity index (χ4v) is 1.82. The second-order valence-corrected chi connectivity index (χ2v) is 3.67. The van der Waals surface area contributed by atoms with E-state index in [1.54, 1.807) is 7.11 Å². The number of thiazole rings is 1. The molecule has 1 aromatic heterocycles. The van der Waals surface area contributed by atoms with Crippen molar-refractivity contribution in [2.75, 3.05) is 7.11 Å². The molecule has 0 fully saturated rings. The van der Waals surface area contributed by atoms with Crippen LogP contribution in [0.3, 0.4) is 0 Å². The van der Waals surface area contributed by atoms with Crippen molar-refractivity contribution >= 4 is 11.3 Å². The van der Waals surface area contributed by atoms with Crippen LogP contribution in [0.4, 0.5) is 0 Å². The molecule has 0 bridgehead atoms. The van der Waals surface area contributed by atoms with Gasteiger partial charge in [0.05, 0.1) is 7.11 Å². The van der Waals surface area contributed by atoms with E-state index in [1.165, 1.54) is 11.3 Å². The highest BCUT2D eigenvalue weighted by atomic mass is 32.1. The van der Waals surface area contributed by atoms with Crippen molar-refractivity contribution in [3.63, 3.8) is 0 Å². The smallest absolute Gasteiger partial charge is 0.186 e. The molecular weight excluding hydrogens is 196 g/mol. The third kappa shape index (κ3) is 1.56. The largest absolute Gasteiger partial charge is 0.497 e. The number of hydrogen-bond acceptors (Lipinski definition) is 3. The van der Waals surface area contributed by atoms with Gasteiger partial charge in [-0.25, -0.2) is 0 Å². The molecule has 0 aliphatic heterocycles. The monoisotopic (exact) mass is 206 g/mol. The molecule has 0 amide bonds. The maximum absolute atomic E-state index is 7.64. The number of benzene rings is 1. The molecule has 2 aromatic rings. The number of aromatic nitrogens is 1. The van der Waals surface area contributed by atoms with Crippen LogP contribution >= 0.6 is 11.3 Å². The summed E-state index contributed by atoms with van der Waals surface area (Å²) in [5.41, 5.74) is 0.983. The third-order valence-electron chi connectivity index (χ3n) is 1.96. The van der Waals surface area contributed by atoms with Crippen molar-refractivity contribution in [1.29, 1.82) is 5.41 Å². The van der Waals surface area contributed by atoms with Gasteiger partial charge < -0.3 is 4.74 Å². The van der Waals surface area contributed by atoms with E-state index in [0.29, 0.717) is 4.80 Å². The van der Waals surface area contributed by atoms with Crippen LogP contribution in [0.15, 0.2) is 35.8 Å². The minimum absolute atomic E-state index is 0.523. The van der Waals surface area contributed by atoms with Gasteiger partial charge >= 0.3 is 0 Å². The lowest BCUT2D eigenvalue weighted by molar-refractivity contribution is 0.414. The molecule has 4 heteroatoms. The summed E-state index contributed by atoms with van der Waals surface area (Å²) in [5.74, 6) is 0.830. The van der Waals surface area contributed by atoms with Gasteiger partial charge in [0.25, 0.3) is 0 Å². The Bertz CT molecular complexity index is 469. The van der Waals surface area contributed by atoms with Gasteiger partial charge in [-0.1, -0.05) is 0 Å². The Morgan fingerprint density at radius 3 is 2.50 bits per heavy atom. The topological polar surface area (TPSA) is 38.0 Å². The molecule has 2 rings (SSSR count). The quantitative estimate of drug-likeness (QED) is 0.802. The summed E-state index contributed by atoms with van der Waals surface area (Å²) in [5, 5.41) is 9.53. The number of ether oxygens (including phenoxy) is 1. The lowest BCUT2D eigenvalue weighted by atomic mass is 10.3. The van der Waals surface area contributed by atoms with Gasteiger partial charge in [0.1, 0.15) is 5.75 Å². The van der Waals surface area contributed by atoms with Crippen LogP contribution in [0.25, 0.3) is 5.69 Å². The molecule has 0 aliphatic rings. The number of nitrogens with zero attached hydrogens (tertiary/aromatic N) is 1. The summed E-state index contributed by atoms with van der Waals surface area (Å²) < 4.78 is 6.89. The highest BCUT2D eigenvalue weighted by Gasteiger charge is 1.97. The average Bonchev–Trinajstić information content (AvgIpc) is 2.65. The fourth-order valence-electron chi connectivity index (χ4n) is 1.23. The summed E-state index contributed by atoms with van der Waals surface area (Å²) in [6.45, 7) is 0. The zero-order chi connectivity index (χ0) is 9.97. The van der Waals surface area contributed by atoms with E-state index < -0.39 is 0 Å². The van der Waals surface area contributed by atoms with Crippen LogP contribution in [0.5, 0.6) is 5.75 Å². The number of nitrogens with one attached hydrogen (secondary N) is 1. The summed E-state index contributed by atoms with van der Waals surface area (Å²) in [6.07, 6.45) is 1.88. The standard InChI is InChI=1S/C10H10N2OS/c1-13-9-4-2-8(3-5-9)12-6-7-14-10(12)11/h2-7,11H,1H3. The highest BCUT2D eigenvalue weighted by molar-refractivity contribution is 7.07. The van der Waals surface area contributed by atoms with Crippen molar-refractivity contribution in [3.05, 3.63) is 40.6 Å².